The van der Waals surface area contributed by atoms with E-state index in [0.29, 0.717) is 6.61 Å². The SMILES string of the molecule is CCc1cc(NC(=O)OC[C@H](C)c2ccc(Br)cc2C)ccc1-n1ccnc1. The second-order valence-corrected chi connectivity index (χ2v) is 7.71. The summed E-state index contributed by atoms with van der Waals surface area (Å²) < 4.78 is 8.45. The Morgan fingerprint density at radius 2 is 2.11 bits per heavy atom. The van der Waals surface area contributed by atoms with Crippen molar-refractivity contribution in [1.82, 2.24) is 9.55 Å². The molecule has 2 aromatic carbocycles. The molecule has 0 saturated carbocycles. The number of aryl methyl sites for hydroxylation is 2. The van der Waals surface area contributed by atoms with Crippen LogP contribution in [0.4, 0.5) is 10.5 Å². The summed E-state index contributed by atoms with van der Waals surface area (Å²) in [5.41, 5.74) is 5.24. The van der Waals surface area contributed by atoms with Crippen LogP contribution in [0.25, 0.3) is 5.69 Å². The van der Waals surface area contributed by atoms with Gasteiger partial charge in [0.25, 0.3) is 0 Å². The lowest BCUT2D eigenvalue weighted by molar-refractivity contribution is 0.155. The number of nitrogens with zero attached hydrogens (tertiary/aromatic N) is 2. The van der Waals surface area contributed by atoms with Gasteiger partial charge in [0.2, 0.25) is 0 Å². The lowest BCUT2D eigenvalue weighted by Crippen LogP contribution is -2.17. The number of carbonyl (C=O) groups excluding carboxylic acids is 1. The number of imidazole rings is 1. The normalized spacial score (nSPS) is 11.9. The molecule has 1 amide bonds. The summed E-state index contributed by atoms with van der Waals surface area (Å²) >= 11 is 3.47. The summed E-state index contributed by atoms with van der Waals surface area (Å²) in [6.07, 6.45) is 5.82. The maximum Gasteiger partial charge on any atom is 0.411 e. The highest BCUT2D eigenvalue weighted by molar-refractivity contribution is 9.10. The molecule has 3 aromatic rings. The van der Waals surface area contributed by atoms with E-state index < -0.39 is 6.09 Å². The summed E-state index contributed by atoms with van der Waals surface area (Å²) in [4.78, 5) is 16.3. The highest BCUT2D eigenvalue weighted by Crippen LogP contribution is 2.24. The molecule has 0 spiro atoms. The van der Waals surface area contributed by atoms with Crippen LogP contribution in [0.5, 0.6) is 0 Å². The predicted octanol–water partition coefficient (Wildman–Crippen LogP) is 5.86. The van der Waals surface area contributed by atoms with Gasteiger partial charge < -0.3 is 9.30 Å². The van der Waals surface area contributed by atoms with Gasteiger partial charge in [-0.3, -0.25) is 5.32 Å². The largest absolute Gasteiger partial charge is 0.449 e. The quantitative estimate of drug-likeness (QED) is 0.521. The Morgan fingerprint density at radius 3 is 2.79 bits per heavy atom. The number of hydrogen-bond donors (Lipinski definition) is 1. The number of ether oxygens (including phenoxy) is 1. The first-order valence-electron chi connectivity index (χ1n) is 9.29. The van der Waals surface area contributed by atoms with Gasteiger partial charge in [-0.25, -0.2) is 9.78 Å². The van der Waals surface area contributed by atoms with E-state index in [-0.39, 0.29) is 5.92 Å². The molecule has 6 heteroatoms. The van der Waals surface area contributed by atoms with Crippen molar-refractivity contribution in [2.45, 2.75) is 33.1 Å². The fraction of sp³-hybridized carbons (Fsp3) is 0.273. The van der Waals surface area contributed by atoms with E-state index in [1.165, 1.54) is 11.1 Å². The van der Waals surface area contributed by atoms with Crippen LogP contribution in [0.15, 0.2) is 59.6 Å². The number of hydrogen-bond acceptors (Lipinski definition) is 3. The summed E-state index contributed by atoms with van der Waals surface area (Å²) in [7, 11) is 0. The van der Waals surface area contributed by atoms with Crippen molar-refractivity contribution in [3.05, 3.63) is 76.3 Å². The van der Waals surface area contributed by atoms with Gasteiger partial charge in [0.1, 0.15) is 0 Å². The number of anilines is 1. The summed E-state index contributed by atoms with van der Waals surface area (Å²) in [5.74, 6) is 0.119. The van der Waals surface area contributed by atoms with Crippen molar-refractivity contribution >= 4 is 27.7 Å². The van der Waals surface area contributed by atoms with E-state index >= 15 is 0 Å². The van der Waals surface area contributed by atoms with Gasteiger partial charge in [-0.2, -0.15) is 0 Å². The van der Waals surface area contributed by atoms with E-state index in [9.17, 15) is 4.79 Å². The standard InChI is InChI=1S/C22H24BrN3O2/c1-4-17-12-19(6-8-21(17)26-10-9-24-14-26)25-22(27)28-13-16(3)20-7-5-18(23)11-15(20)2/h5-12,14,16H,4,13H2,1-3H3,(H,25,27)/t16-/m0/s1. The highest BCUT2D eigenvalue weighted by Gasteiger charge is 2.13. The Hall–Kier alpha value is -2.60. The first kappa shape index (κ1) is 20.1. The lowest BCUT2D eigenvalue weighted by atomic mass is 9.97. The third-order valence-electron chi connectivity index (χ3n) is 4.72. The van der Waals surface area contributed by atoms with Crippen molar-refractivity contribution < 1.29 is 9.53 Å². The van der Waals surface area contributed by atoms with E-state index in [2.05, 4.69) is 59.1 Å². The minimum Gasteiger partial charge on any atom is -0.449 e. The Morgan fingerprint density at radius 1 is 1.29 bits per heavy atom. The Balaban J connectivity index is 1.61. The summed E-state index contributed by atoms with van der Waals surface area (Å²) in [6.45, 7) is 6.52. The molecule has 1 aromatic heterocycles. The fourth-order valence-corrected chi connectivity index (χ4v) is 3.71. The van der Waals surface area contributed by atoms with Gasteiger partial charge in [0.05, 0.1) is 12.9 Å². The first-order chi connectivity index (χ1) is 13.5. The zero-order valence-electron chi connectivity index (χ0n) is 16.3. The minimum absolute atomic E-state index is 0.119. The molecular formula is C22H24BrN3O2. The highest BCUT2D eigenvalue weighted by atomic mass is 79.9. The molecule has 5 nitrogen and oxygen atoms in total. The van der Waals surface area contributed by atoms with Gasteiger partial charge in [0.15, 0.2) is 0 Å². The van der Waals surface area contributed by atoms with Crippen molar-refractivity contribution in [3.8, 4) is 5.69 Å². The molecule has 1 atom stereocenters. The monoisotopic (exact) mass is 441 g/mol. The van der Waals surface area contributed by atoms with Gasteiger partial charge in [-0.15, -0.1) is 0 Å². The smallest absolute Gasteiger partial charge is 0.411 e. The molecule has 0 aliphatic carbocycles. The Bertz CT molecular complexity index is 954. The van der Waals surface area contributed by atoms with Gasteiger partial charge in [0, 0.05) is 34.2 Å². The number of benzene rings is 2. The molecule has 3 rings (SSSR count). The number of nitrogens with one attached hydrogen (secondary N) is 1. The Labute approximate surface area is 173 Å². The third kappa shape index (κ3) is 4.81. The van der Waals surface area contributed by atoms with Gasteiger partial charge >= 0.3 is 6.09 Å². The number of aromatic nitrogens is 2. The summed E-state index contributed by atoms with van der Waals surface area (Å²) in [6, 6.07) is 12.0. The third-order valence-corrected chi connectivity index (χ3v) is 5.21. The van der Waals surface area contributed by atoms with Crippen LogP contribution in [-0.4, -0.2) is 22.3 Å². The van der Waals surface area contributed by atoms with Gasteiger partial charge in [-0.1, -0.05) is 35.8 Å². The van der Waals surface area contributed by atoms with E-state index in [1.807, 2.05) is 35.0 Å². The minimum atomic E-state index is -0.445. The fourth-order valence-electron chi connectivity index (χ4n) is 3.24. The molecule has 0 aliphatic rings. The molecule has 0 aliphatic heterocycles. The van der Waals surface area contributed by atoms with Crippen molar-refractivity contribution in [1.29, 1.82) is 0 Å². The van der Waals surface area contributed by atoms with E-state index in [1.54, 1.807) is 12.5 Å². The second-order valence-electron chi connectivity index (χ2n) is 6.79. The zero-order chi connectivity index (χ0) is 20.1. The number of halogens is 1. The number of carbonyl (C=O) groups is 1. The van der Waals surface area contributed by atoms with Crippen LogP contribution < -0.4 is 5.32 Å². The molecule has 0 radical (unpaired) electrons. The van der Waals surface area contributed by atoms with E-state index in [0.717, 1.165) is 27.8 Å². The maximum atomic E-state index is 12.2. The van der Waals surface area contributed by atoms with Crippen LogP contribution >= 0.6 is 15.9 Å². The topological polar surface area (TPSA) is 56.1 Å². The van der Waals surface area contributed by atoms with Crippen molar-refractivity contribution in [3.63, 3.8) is 0 Å². The van der Waals surface area contributed by atoms with Crippen LogP contribution in [0.3, 0.4) is 0 Å². The van der Waals surface area contributed by atoms with Gasteiger partial charge in [-0.05, 0) is 60.4 Å². The van der Waals surface area contributed by atoms with Crippen LogP contribution in [0.2, 0.25) is 0 Å². The average Bonchev–Trinajstić information content (AvgIpc) is 3.20. The summed E-state index contributed by atoms with van der Waals surface area (Å²) in [5, 5.41) is 2.83. The second kappa shape index (κ2) is 9.06. The molecule has 0 bridgehead atoms. The average molecular weight is 442 g/mol. The van der Waals surface area contributed by atoms with Crippen molar-refractivity contribution in [2.24, 2.45) is 0 Å². The van der Waals surface area contributed by atoms with Crippen LogP contribution in [0.1, 0.15) is 36.5 Å². The van der Waals surface area contributed by atoms with E-state index in [4.69, 9.17) is 4.74 Å². The molecule has 1 N–H and O–H groups in total. The number of rotatable bonds is 6. The molecule has 0 saturated heterocycles. The zero-order valence-corrected chi connectivity index (χ0v) is 17.9. The molecule has 28 heavy (non-hydrogen) atoms. The Kier molecular flexibility index (Phi) is 6.52. The predicted molar refractivity (Wildman–Crippen MR) is 115 cm³/mol. The first-order valence-corrected chi connectivity index (χ1v) is 10.1. The molecule has 146 valence electrons. The molecule has 0 fully saturated rings. The molecule has 1 heterocycles. The van der Waals surface area contributed by atoms with Crippen LogP contribution in [-0.2, 0) is 11.2 Å². The van der Waals surface area contributed by atoms with Crippen molar-refractivity contribution in [2.75, 3.05) is 11.9 Å². The van der Waals surface area contributed by atoms with Crippen LogP contribution in [0, 0.1) is 6.92 Å². The lowest BCUT2D eigenvalue weighted by Gasteiger charge is -2.16. The number of amides is 1. The molecular weight excluding hydrogens is 418 g/mol. The maximum absolute atomic E-state index is 12.2. The molecule has 0 unspecified atom stereocenters.